The summed E-state index contributed by atoms with van der Waals surface area (Å²) in [5.41, 5.74) is 0.00967. The summed E-state index contributed by atoms with van der Waals surface area (Å²) in [5.74, 6) is -1.45. The van der Waals surface area contributed by atoms with Gasteiger partial charge in [0.25, 0.3) is 0 Å². The first-order valence-electron chi connectivity index (χ1n) is 4.94. The van der Waals surface area contributed by atoms with Gasteiger partial charge in [-0.1, -0.05) is 13.5 Å². The van der Waals surface area contributed by atoms with Crippen molar-refractivity contribution >= 4 is 17.7 Å². The molecule has 0 saturated heterocycles. The van der Waals surface area contributed by atoms with Crippen LogP contribution in [0.25, 0.3) is 0 Å². The molecule has 0 amide bonds. The minimum atomic E-state index is -0.656. The Morgan fingerprint density at radius 1 is 1.25 bits per heavy atom. The molecule has 0 fully saturated rings. The maximum Gasteiger partial charge on any atom is 0.333 e. The quantitative estimate of drug-likeness (QED) is 0.480. The van der Waals surface area contributed by atoms with E-state index in [0.717, 1.165) is 0 Å². The molecule has 0 N–H and O–H groups in total. The average molecular weight is 228 g/mol. The zero-order valence-electron chi connectivity index (χ0n) is 9.58. The van der Waals surface area contributed by atoms with Gasteiger partial charge in [0.05, 0.1) is 13.5 Å². The monoisotopic (exact) mass is 228 g/mol. The molecule has 5 heteroatoms. The van der Waals surface area contributed by atoms with Crippen molar-refractivity contribution in [2.24, 2.45) is 0 Å². The Hall–Kier alpha value is -1.65. The third-order valence-corrected chi connectivity index (χ3v) is 1.75. The molecule has 0 aromatic carbocycles. The Kier molecular flexibility index (Phi) is 6.83. The van der Waals surface area contributed by atoms with E-state index in [-0.39, 0.29) is 24.4 Å². The number of esters is 2. The molecule has 5 nitrogen and oxygen atoms in total. The maximum atomic E-state index is 11.1. The molecule has 0 aliphatic carbocycles. The fourth-order valence-corrected chi connectivity index (χ4v) is 0.954. The molecule has 0 aromatic heterocycles. The number of rotatable bonds is 7. The Balaban J connectivity index is 3.87. The van der Waals surface area contributed by atoms with Crippen LogP contribution >= 0.6 is 0 Å². The lowest BCUT2D eigenvalue weighted by atomic mass is 10.2. The zero-order valence-corrected chi connectivity index (χ0v) is 9.58. The van der Waals surface area contributed by atoms with Crippen LogP contribution in [0.3, 0.4) is 0 Å². The molecular formula is C11H16O5. The van der Waals surface area contributed by atoms with Crippen molar-refractivity contribution in [2.75, 3.05) is 13.7 Å². The van der Waals surface area contributed by atoms with Crippen LogP contribution in [-0.4, -0.2) is 31.4 Å². The topological polar surface area (TPSA) is 69.7 Å². The van der Waals surface area contributed by atoms with E-state index in [9.17, 15) is 14.4 Å². The number of carbonyl (C=O) groups excluding carboxylic acids is 3. The fourth-order valence-electron chi connectivity index (χ4n) is 0.954. The van der Waals surface area contributed by atoms with Crippen molar-refractivity contribution in [3.05, 3.63) is 12.2 Å². The third kappa shape index (κ3) is 5.95. The molecule has 0 aliphatic heterocycles. The molecule has 0 aliphatic rings. The highest BCUT2D eigenvalue weighted by Gasteiger charge is 2.13. The Morgan fingerprint density at radius 2 is 1.88 bits per heavy atom. The Morgan fingerprint density at radius 3 is 2.38 bits per heavy atom. The molecule has 0 atom stereocenters. The Bertz CT molecular complexity index is 293. The number of ketones is 1. The van der Waals surface area contributed by atoms with Gasteiger partial charge in [0.1, 0.15) is 6.61 Å². The predicted molar refractivity (Wildman–Crippen MR) is 56.6 cm³/mol. The van der Waals surface area contributed by atoms with E-state index in [1.807, 2.05) is 6.92 Å². The van der Waals surface area contributed by atoms with Crippen molar-refractivity contribution in [2.45, 2.75) is 26.2 Å². The molecule has 0 rings (SSSR count). The maximum absolute atomic E-state index is 11.1. The molecule has 90 valence electrons. The van der Waals surface area contributed by atoms with Crippen LogP contribution in [0.15, 0.2) is 12.2 Å². The van der Waals surface area contributed by atoms with Gasteiger partial charge in [-0.3, -0.25) is 9.59 Å². The minimum Gasteiger partial charge on any atom is -0.466 e. The van der Waals surface area contributed by atoms with Gasteiger partial charge in [-0.2, -0.15) is 0 Å². The number of hydrogen-bond acceptors (Lipinski definition) is 5. The number of carbonyl (C=O) groups is 3. The lowest BCUT2D eigenvalue weighted by molar-refractivity contribution is -0.148. The van der Waals surface area contributed by atoms with Crippen molar-refractivity contribution in [3.8, 4) is 0 Å². The Labute approximate surface area is 94.4 Å². The molecule has 0 unspecified atom stereocenters. The van der Waals surface area contributed by atoms with Crippen molar-refractivity contribution in [1.29, 1.82) is 0 Å². The summed E-state index contributed by atoms with van der Waals surface area (Å²) in [6.07, 6.45) is 0.836. The third-order valence-electron chi connectivity index (χ3n) is 1.75. The summed E-state index contributed by atoms with van der Waals surface area (Å²) in [6.45, 7) is 4.98. The highest BCUT2D eigenvalue weighted by atomic mass is 16.5. The number of methoxy groups -OCH3 is 1. The van der Waals surface area contributed by atoms with Gasteiger partial charge in [0.2, 0.25) is 0 Å². The van der Waals surface area contributed by atoms with E-state index in [1.54, 1.807) is 0 Å². The number of ether oxygens (including phenoxy) is 2. The smallest absolute Gasteiger partial charge is 0.333 e. The summed E-state index contributed by atoms with van der Waals surface area (Å²) < 4.78 is 9.03. The summed E-state index contributed by atoms with van der Waals surface area (Å²) in [5, 5.41) is 0. The second-order valence-corrected chi connectivity index (χ2v) is 3.22. The van der Waals surface area contributed by atoms with Crippen LogP contribution in [0.1, 0.15) is 26.2 Å². The predicted octanol–water partition coefficient (Wildman–Crippen LogP) is 1.02. The van der Waals surface area contributed by atoms with E-state index >= 15 is 0 Å². The van der Waals surface area contributed by atoms with E-state index in [0.29, 0.717) is 12.8 Å². The largest absolute Gasteiger partial charge is 0.466 e. The number of Topliss-reactive ketones (excluding diaryl/α,β-unsaturated/α-hetero) is 1. The van der Waals surface area contributed by atoms with Crippen molar-refractivity contribution < 1.29 is 23.9 Å². The molecule has 0 spiro atoms. The lowest BCUT2D eigenvalue weighted by Gasteiger charge is -2.04. The van der Waals surface area contributed by atoms with Gasteiger partial charge in [0.15, 0.2) is 5.78 Å². The van der Waals surface area contributed by atoms with Gasteiger partial charge in [-0.15, -0.1) is 0 Å². The van der Waals surface area contributed by atoms with E-state index in [4.69, 9.17) is 0 Å². The SMILES string of the molecule is C=C(CC(=O)OCC(=O)CCC)C(=O)OC. The second-order valence-electron chi connectivity index (χ2n) is 3.22. The van der Waals surface area contributed by atoms with Crippen LogP contribution in [0.4, 0.5) is 0 Å². The highest BCUT2D eigenvalue weighted by Crippen LogP contribution is 2.02. The van der Waals surface area contributed by atoms with Crippen LogP contribution in [-0.2, 0) is 23.9 Å². The van der Waals surface area contributed by atoms with Gasteiger partial charge in [-0.25, -0.2) is 4.79 Å². The summed E-state index contributed by atoms with van der Waals surface area (Å²) in [4.78, 5) is 33.1. The molecule has 16 heavy (non-hydrogen) atoms. The fraction of sp³-hybridized carbons (Fsp3) is 0.545. The van der Waals surface area contributed by atoms with Crippen LogP contribution < -0.4 is 0 Å². The normalized spacial score (nSPS) is 9.38. The van der Waals surface area contributed by atoms with Gasteiger partial charge >= 0.3 is 11.9 Å². The number of hydrogen-bond donors (Lipinski definition) is 0. The van der Waals surface area contributed by atoms with Crippen molar-refractivity contribution in [3.63, 3.8) is 0 Å². The molecular weight excluding hydrogens is 212 g/mol. The zero-order chi connectivity index (χ0) is 12.6. The van der Waals surface area contributed by atoms with Crippen molar-refractivity contribution in [1.82, 2.24) is 0 Å². The average Bonchev–Trinajstić information content (AvgIpc) is 2.25. The highest BCUT2D eigenvalue weighted by molar-refractivity contribution is 5.93. The van der Waals surface area contributed by atoms with E-state index in [1.165, 1.54) is 7.11 Å². The first kappa shape index (κ1) is 14.3. The minimum absolute atomic E-state index is 0.00967. The lowest BCUT2D eigenvalue weighted by Crippen LogP contribution is -2.16. The van der Waals surface area contributed by atoms with Crippen LogP contribution in [0.2, 0.25) is 0 Å². The summed E-state index contributed by atoms with van der Waals surface area (Å²) in [7, 11) is 1.20. The van der Waals surface area contributed by atoms with Crippen LogP contribution in [0.5, 0.6) is 0 Å². The standard InChI is InChI=1S/C11H16O5/c1-4-5-9(12)7-16-10(13)6-8(2)11(14)15-3/h2,4-7H2,1,3H3. The van der Waals surface area contributed by atoms with E-state index < -0.39 is 11.9 Å². The van der Waals surface area contributed by atoms with E-state index in [2.05, 4.69) is 16.1 Å². The molecule has 0 heterocycles. The van der Waals surface area contributed by atoms with Gasteiger partial charge in [-0.05, 0) is 6.42 Å². The van der Waals surface area contributed by atoms with Gasteiger partial charge in [0, 0.05) is 12.0 Å². The molecule has 0 aromatic rings. The first-order chi connectivity index (χ1) is 7.51. The molecule has 0 bridgehead atoms. The summed E-state index contributed by atoms with van der Waals surface area (Å²) >= 11 is 0. The van der Waals surface area contributed by atoms with Gasteiger partial charge < -0.3 is 9.47 Å². The first-order valence-corrected chi connectivity index (χ1v) is 4.94. The summed E-state index contributed by atoms with van der Waals surface area (Å²) in [6, 6.07) is 0. The second kappa shape index (κ2) is 7.62. The molecule has 0 saturated carbocycles. The van der Waals surface area contributed by atoms with Crippen LogP contribution in [0, 0.1) is 0 Å². The molecule has 0 radical (unpaired) electrons.